The highest BCUT2D eigenvalue weighted by Gasteiger charge is 2.02. The average molecular weight is 194 g/mol. The molecule has 1 amide bonds. The van der Waals surface area contributed by atoms with E-state index in [1.807, 2.05) is 6.92 Å². The van der Waals surface area contributed by atoms with Crippen molar-refractivity contribution in [3.05, 3.63) is 17.6 Å². The van der Waals surface area contributed by atoms with Crippen LogP contribution in [0.3, 0.4) is 0 Å². The van der Waals surface area contributed by atoms with Gasteiger partial charge in [0.15, 0.2) is 0 Å². The molecule has 5 nitrogen and oxygen atoms in total. The Bertz CT molecular complexity index is 317. The van der Waals surface area contributed by atoms with Crippen molar-refractivity contribution in [3.8, 4) is 0 Å². The molecule has 0 aliphatic heterocycles. The number of nitrogens with zero attached hydrogens (tertiary/aromatic N) is 2. The van der Waals surface area contributed by atoms with E-state index < -0.39 is 0 Å². The summed E-state index contributed by atoms with van der Waals surface area (Å²) in [6, 6.07) is 1.74. The number of hydrogen-bond acceptors (Lipinski definition) is 4. The molecule has 0 unspecified atom stereocenters. The van der Waals surface area contributed by atoms with Crippen LogP contribution in [0, 0.1) is 13.8 Å². The van der Waals surface area contributed by atoms with Crippen molar-refractivity contribution in [2.24, 2.45) is 0 Å². The molecule has 1 aromatic rings. The van der Waals surface area contributed by atoms with Crippen LogP contribution >= 0.6 is 0 Å². The molecular formula is C9H14N4O. The Labute approximate surface area is 83.0 Å². The maximum atomic E-state index is 11.2. The van der Waals surface area contributed by atoms with Gasteiger partial charge in [-0.2, -0.15) is 0 Å². The minimum Gasteiger partial charge on any atom is -0.311 e. The lowest BCUT2D eigenvalue weighted by Crippen LogP contribution is -2.25. The molecule has 0 fully saturated rings. The monoisotopic (exact) mass is 194 g/mol. The van der Waals surface area contributed by atoms with Gasteiger partial charge in [-0.25, -0.2) is 9.97 Å². The van der Waals surface area contributed by atoms with E-state index in [-0.39, 0.29) is 12.5 Å². The Hall–Kier alpha value is -1.49. The zero-order valence-electron chi connectivity index (χ0n) is 8.59. The topological polar surface area (TPSA) is 66.9 Å². The lowest BCUT2D eigenvalue weighted by molar-refractivity contribution is -0.115. The minimum absolute atomic E-state index is 0.106. The summed E-state index contributed by atoms with van der Waals surface area (Å²) in [7, 11) is 1.72. The third kappa shape index (κ3) is 3.10. The highest BCUT2D eigenvalue weighted by molar-refractivity contribution is 5.91. The molecule has 0 atom stereocenters. The number of nitrogens with one attached hydrogen (secondary N) is 2. The van der Waals surface area contributed by atoms with E-state index in [1.54, 1.807) is 20.0 Å². The first-order chi connectivity index (χ1) is 6.61. The molecule has 2 N–H and O–H groups in total. The van der Waals surface area contributed by atoms with Crippen molar-refractivity contribution in [1.29, 1.82) is 0 Å². The van der Waals surface area contributed by atoms with Crippen LogP contribution in [-0.4, -0.2) is 29.5 Å². The SMILES string of the molecule is CNCC(=O)Nc1cc(C)nc(C)n1. The van der Waals surface area contributed by atoms with Crippen LogP contribution in [0.5, 0.6) is 0 Å². The number of anilines is 1. The van der Waals surface area contributed by atoms with Gasteiger partial charge in [0.25, 0.3) is 0 Å². The fourth-order valence-electron chi connectivity index (χ4n) is 1.13. The second-order valence-corrected chi connectivity index (χ2v) is 3.02. The predicted octanol–water partition coefficient (Wildman–Crippen LogP) is 0.251. The largest absolute Gasteiger partial charge is 0.311 e. The van der Waals surface area contributed by atoms with Crippen molar-refractivity contribution < 1.29 is 4.79 Å². The molecule has 1 aromatic heterocycles. The van der Waals surface area contributed by atoms with Crippen molar-refractivity contribution in [2.45, 2.75) is 13.8 Å². The molecule has 14 heavy (non-hydrogen) atoms. The van der Waals surface area contributed by atoms with E-state index in [0.29, 0.717) is 11.6 Å². The van der Waals surface area contributed by atoms with Gasteiger partial charge < -0.3 is 10.6 Å². The number of aryl methyl sites for hydroxylation is 2. The summed E-state index contributed by atoms with van der Waals surface area (Å²) in [5.41, 5.74) is 0.845. The van der Waals surface area contributed by atoms with Gasteiger partial charge in [0.1, 0.15) is 11.6 Å². The maximum absolute atomic E-state index is 11.2. The number of hydrogen-bond donors (Lipinski definition) is 2. The van der Waals surface area contributed by atoms with Gasteiger partial charge in [0.2, 0.25) is 5.91 Å². The summed E-state index contributed by atoms with van der Waals surface area (Å²) < 4.78 is 0. The molecule has 76 valence electrons. The molecule has 0 aliphatic rings. The molecule has 1 heterocycles. The Morgan fingerprint density at radius 1 is 1.43 bits per heavy atom. The Balaban J connectivity index is 2.71. The Morgan fingerprint density at radius 3 is 2.71 bits per heavy atom. The van der Waals surface area contributed by atoms with Crippen LogP contribution in [-0.2, 0) is 4.79 Å². The van der Waals surface area contributed by atoms with Gasteiger partial charge in [0, 0.05) is 11.8 Å². The van der Waals surface area contributed by atoms with E-state index in [4.69, 9.17) is 0 Å². The highest BCUT2D eigenvalue weighted by Crippen LogP contribution is 2.04. The molecular weight excluding hydrogens is 180 g/mol. The van der Waals surface area contributed by atoms with Crippen LogP contribution in [0.2, 0.25) is 0 Å². The van der Waals surface area contributed by atoms with Gasteiger partial charge in [-0.1, -0.05) is 0 Å². The van der Waals surface area contributed by atoms with Gasteiger partial charge >= 0.3 is 0 Å². The van der Waals surface area contributed by atoms with Gasteiger partial charge in [0.05, 0.1) is 6.54 Å². The van der Waals surface area contributed by atoms with E-state index in [9.17, 15) is 4.79 Å². The van der Waals surface area contributed by atoms with E-state index >= 15 is 0 Å². The summed E-state index contributed by atoms with van der Waals surface area (Å²) >= 11 is 0. The summed E-state index contributed by atoms with van der Waals surface area (Å²) in [5.74, 6) is 1.10. The number of rotatable bonds is 3. The average Bonchev–Trinajstić information content (AvgIpc) is 2.01. The molecule has 0 saturated heterocycles. The molecule has 0 spiro atoms. The zero-order valence-corrected chi connectivity index (χ0v) is 8.59. The second-order valence-electron chi connectivity index (χ2n) is 3.02. The highest BCUT2D eigenvalue weighted by atomic mass is 16.1. The summed E-state index contributed by atoms with van der Waals surface area (Å²) in [6.45, 7) is 3.94. The van der Waals surface area contributed by atoms with Gasteiger partial charge in [-0.05, 0) is 20.9 Å². The summed E-state index contributed by atoms with van der Waals surface area (Å²) in [5, 5.41) is 5.43. The molecule has 0 aromatic carbocycles. The lowest BCUT2D eigenvalue weighted by atomic mass is 10.4. The quantitative estimate of drug-likeness (QED) is 0.724. The van der Waals surface area contributed by atoms with Crippen LogP contribution in [0.4, 0.5) is 5.82 Å². The first kappa shape index (κ1) is 10.6. The molecule has 5 heteroatoms. The predicted molar refractivity (Wildman–Crippen MR) is 54.1 cm³/mol. The van der Waals surface area contributed by atoms with E-state index in [1.165, 1.54) is 0 Å². The summed E-state index contributed by atoms with van der Waals surface area (Å²) in [4.78, 5) is 19.4. The van der Waals surface area contributed by atoms with Crippen LogP contribution < -0.4 is 10.6 Å². The number of amides is 1. The molecule has 0 saturated carbocycles. The number of carbonyl (C=O) groups is 1. The van der Waals surface area contributed by atoms with Crippen LogP contribution in [0.15, 0.2) is 6.07 Å². The van der Waals surface area contributed by atoms with Gasteiger partial charge in [-0.15, -0.1) is 0 Å². The molecule has 0 bridgehead atoms. The lowest BCUT2D eigenvalue weighted by Gasteiger charge is -2.05. The van der Waals surface area contributed by atoms with Gasteiger partial charge in [-0.3, -0.25) is 4.79 Å². The molecule has 1 rings (SSSR count). The van der Waals surface area contributed by atoms with Crippen molar-refractivity contribution >= 4 is 11.7 Å². The Morgan fingerprint density at radius 2 is 2.14 bits per heavy atom. The Kier molecular flexibility index (Phi) is 3.53. The number of likely N-dealkylation sites (N-methyl/N-ethyl adjacent to an activating group) is 1. The molecule has 0 aliphatic carbocycles. The standard InChI is InChI=1S/C9H14N4O/c1-6-4-8(12-7(2)11-6)13-9(14)5-10-3/h4,10H,5H2,1-3H3,(H,11,12,13,14). The molecule has 0 radical (unpaired) electrons. The van der Waals surface area contributed by atoms with Crippen LogP contribution in [0.1, 0.15) is 11.5 Å². The fraction of sp³-hybridized carbons (Fsp3) is 0.444. The smallest absolute Gasteiger partial charge is 0.239 e. The van der Waals surface area contributed by atoms with Crippen molar-refractivity contribution in [2.75, 3.05) is 18.9 Å². The minimum atomic E-state index is -0.106. The summed E-state index contributed by atoms with van der Waals surface area (Å²) in [6.07, 6.45) is 0. The fourth-order valence-corrected chi connectivity index (χ4v) is 1.13. The maximum Gasteiger partial charge on any atom is 0.239 e. The van der Waals surface area contributed by atoms with Crippen molar-refractivity contribution in [3.63, 3.8) is 0 Å². The number of carbonyl (C=O) groups excluding carboxylic acids is 1. The second kappa shape index (κ2) is 4.66. The van der Waals surface area contributed by atoms with Crippen molar-refractivity contribution in [1.82, 2.24) is 15.3 Å². The first-order valence-corrected chi connectivity index (χ1v) is 4.38. The van der Waals surface area contributed by atoms with E-state index in [0.717, 1.165) is 5.69 Å². The third-order valence-corrected chi connectivity index (χ3v) is 1.57. The normalized spacial score (nSPS) is 9.93. The zero-order chi connectivity index (χ0) is 10.6. The first-order valence-electron chi connectivity index (χ1n) is 4.38. The third-order valence-electron chi connectivity index (χ3n) is 1.57. The number of aromatic nitrogens is 2. The van der Waals surface area contributed by atoms with E-state index in [2.05, 4.69) is 20.6 Å². The van der Waals surface area contributed by atoms with Crippen LogP contribution in [0.25, 0.3) is 0 Å².